The highest BCUT2D eigenvalue weighted by Crippen LogP contribution is 2.32. The summed E-state index contributed by atoms with van der Waals surface area (Å²) >= 11 is 7.51. The zero-order valence-electron chi connectivity index (χ0n) is 17.3. The number of carbonyl (C=O) groups excluding carboxylic acids is 1. The topological polar surface area (TPSA) is 77.0 Å². The minimum absolute atomic E-state index is 0.0822. The van der Waals surface area contributed by atoms with Gasteiger partial charge in [0.1, 0.15) is 4.83 Å². The second-order valence-electron chi connectivity index (χ2n) is 7.95. The largest absolute Gasteiger partial charge is 0.339 e. The minimum Gasteiger partial charge on any atom is -0.339 e. The van der Waals surface area contributed by atoms with E-state index in [0.717, 1.165) is 39.2 Å². The maximum absolute atomic E-state index is 13.2. The summed E-state index contributed by atoms with van der Waals surface area (Å²) in [7, 11) is 0. The van der Waals surface area contributed by atoms with E-state index in [1.54, 1.807) is 0 Å². The molecule has 1 saturated heterocycles. The molecule has 1 aliphatic heterocycles. The van der Waals surface area contributed by atoms with Crippen LogP contribution in [0.2, 0.25) is 5.02 Å². The Morgan fingerprint density at radius 3 is 2.65 bits per heavy atom. The summed E-state index contributed by atoms with van der Waals surface area (Å²) < 4.78 is 7.29. The molecule has 3 aromatic heterocycles. The van der Waals surface area contributed by atoms with E-state index in [4.69, 9.17) is 16.1 Å². The number of carbonyl (C=O) groups is 1. The van der Waals surface area contributed by atoms with Gasteiger partial charge in [0.15, 0.2) is 5.82 Å². The first-order valence-electron chi connectivity index (χ1n) is 10.3. The van der Waals surface area contributed by atoms with Crippen molar-refractivity contribution in [2.75, 3.05) is 13.1 Å². The fraction of sp³-hybridized carbons (Fsp3) is 0.364. The number of nitrogens with zero attached hydrogens (tertiary/aromatic N) is 5. The van der Waals surface area contributed by atoms with Crippen molar-refractivity contribution in [1.29, 1.82) is 0 Å². The average molecular weight is 456 g/mol. The minimum atomic E-state index is 0.0822. The van der Waals surface area contributed by atoms with E-state index in [1.807, 2.05) is 53.8 Å². The van der Waals surface area contributed by atoms with E-state index in [0.29, 0.717) is 36.4 Å². The van der Waals surface area contributed by atoms with Gasteiger partial charge in [0.05, 0.1) is 17.1 Å². The molecule has 0 bridgehead atoms. The molecule has 4 aromatic rings. The number of halogens is 1. The van der Waals surface area contributed by atoms with Gasteiger partial charge in [-0.2, -0.15) is 10.1 Å². The van der Waals surface area contributed by atoms with Crippen LogP contribution in [-0.2, 0) is 6.54 Å². The number of aromatic nitrogens is 4. The Bertz CT molecular complexity index is 1230. The molecular formula is C22H22ClN5O2S. The van der Waals surface area contributed by atoms with Gasteiger partial charge in [-0.05, 0) is 50.5 Å². The van der Waals surface area contributed by atoms with Crippen molar-refractivity contribution in [3.05, 3.63) is 63.2 Å². The van der Waals surface area contributed by atoms with Gasteiger partial charge in [0.2, 0.25) is 5.89 Å². The van der Waals surface area contributed by atoms with E-state index in [-0.39, 0.29) is 11.8 Å². The number of hydrogen-bond acceptors (Lipinski definition) is 6. The summed E-state index contributed by atoms with van der Waals surface area (Å²) in [5.41, 5.74) is 2.05. The summed E-state index contributed by atoms with van der Waals surface area (Å²) in [5.74, 6) is 1.65. The molecule has 0 spiro atoms. The van der Waals surface area contributed by atoms with Crippen LogP contribution >= 0.6 is 22.9 Å². The highest BCUT2D eigenvalue weighted by molar-refractivity contribution is 7.20. The number of benzene rings is 1. The summed E-state index contributed by atoms with van der Waals surface area (Å²) in [6.45, 7) is 5.83. The van der Waals surface area contributed by atoms with Gasteiger partial charge in [-0.25, -0.2) is 0 Å². The number of likely N-dealkylation sites (tertiary alicyclic amines) is 1. The lowest BCUT2D eigenvalue weighted by atomic mass is 9.96. The molecule has 0 saturated carbocycles. The third-order valence-electron chi connectivity index (χ3n) is 5.74. The van der Waals surface area contributed by atoms with Crippen LogP contribution in [0.15, 0.2) is 34.9 Å². The van der Waals surface area contributed by atoms with Crippen molar-refractivity contribution >= 4 is 39.1 Å². The summed E-state index contributed by atoms with van der Waals surface area (Å²) in [4.78, 5) is 21.2. The first kappa shape index (κ1) is 20.2. The normalized spacial score (nSPS) is 15.1. The van der Waals surface area contributed by atoms with Crippen LogP contribution in [0.5, 0.6) is 0 Å². The van der Waals surface area contributed by atoms with Crippen molar-refractivity contribution < 1.29 is 9.32 Å². The van der Waals surface area contributed by atoms with Crippen LogP contribution in [0.3, 0.4) is 0 Å². The van der Waals surface area contributed by atoms with Crippen LogP contribution < -0.4 is 0 Å². The maximum Gasteiger partial charge on any atom is 0.264 e. The number of thiophene rings is 1. The van der Waals surface area contributed by atoms with Gasteiger partial charge in [-0.1, -0.05) is 28.9 Å². The van der Waals surface area contributed by atoms with Crippen molar-refractivity contribution in [2.45, 2.75) is 39.2 Å². The lowest BCUT2D eigenvalue weighted by molar-refractivity contribution is 0.0709. The Morgan fingerprint density at radius 2 is 1.97 bits per heavy atom. The second kappa shape index (κ2) is 8.09. The molecule has 0 unspecified atom stereocenters. The number of fused-ring (bicyclic) bond motifs is 1. The van der Waals surface area contributed by atoms with E-state index in [2.05, 4.69) is 15.2 Å². The Balaban J connectivity index is 1.32. The molecule has 1 fully saturated rings. The molecule has 9 heteroatoms. The molecule has 31 heavy (non-hydrogen) atoms. The molecule has 5 rings (SSSR count). The lowest BCUT2D eigenvalue weighted by Crippen LogP contribution is -2.37. The molecule has 0 atom stereocenters. The standard InChI is InChI=1S/C22H22ClN5O2S/c1-13-18-11-19(31-22(18)28(25-13)12-15-3-5-17(23)6-4-15)21(29)27-9-7-16(8-10-27)20-24-14(2)26-30-20/h3-6,11,16H,7-10,12H2,1-2H3. The monoisotopic (exact) mass is 455 g/mol. The van der Waals surface area contributed by atoms with Crippen LogP contribution in [-0.4, -0.2) is 43.8 Å². The number of amides is 1. The van der Waals surface area contributed by atoms with E-state index < -0.39 is 0 Å². The van der Waals surface area contributed by atoms with Gasteiger partial charge in [0, 0.05) is 29.4 Å². The predicted molar refractivity (Wildman–Crippen MR) is 120 cm³/mol. The fourth-order valence-corrected chi connectivity index (χ4v) is 5.31. The highest BCUT2D eigenvalue weighted by Gasteiger charge is 2.29. The van der Waals surface area contributed by atoms with E-state index in [9.17, 15) is 4.79 Å². The summed E-state index contributed by atoms with van der Waals surface area (Å²) in [6, 6.07) is 9.75. The SMILES string of the molecule is Cc1noc(C2CCN(C(=O)c3cc4c(C)nn(Cc5ccc(Cl)cc5)c4s3)CC2)n1. The van der Waals surface area contributed by atoms with Crippen LogP contribution in [0, 0.1) is 13.8 Å². The zero-order chi connectivity index (χ0) is 21.5. The van der Waals surface area contributed by atoms with Gasteiger partial charge in [-0.3, -0.25) is 9.48 Å². The smallest absolute Gasteiger partial charge is 0.264 e. The molecule has 160 valence electrons. The zero-order valence-corrected chi connectivity index (χ0v) is 18.9. The maximum atomic E-state index is 13.2. The molecule has 0 aliphatic carbocycles. The first-order valence-corrected chi connectivity index (χ1v) is 11.5. The molecule has 1 aliphatic rings. The number of piperidine rings is 1. The van der Waals surface area contributed by atoms with Crippen molar-refractivity contribution in [3.63, 3.8) is 0 Å². The summed E-state index contributed by atoms with van der Waals surface area (Å²) in [6.07, 6.45) is 1.67. The molecular weight excluding hydrogens is 434 g/mol. The van der Waals surface area contributed by atoms with Gasteiger partial charge < -0.3 is 9.42 Å². The van der Waals surface area contributed by atoms with Crippen molar-refractivity contribution in [2.24, 2.45) is 0 Å². The number of rotatable bonds is 4. The molecule has 1 aromatic carbocycles. The van der Waals surface area contributed by atoms with Crippen molar-refractivity contribution in [3.8, 4) is 0 Å². The Hall–Kier alpha value is -2.71. The third kappa shape index (κ3) is 3.97. The molecule has 0 N–H and O–H groups in total. The quantitative estimate of drug-likeness (QED) is 0.441. The molecule has 4 heterocycles. The van der Waals surface area contributed by atoms with Crippen molar-refractivity contribution in [1.82, 2.24) is 24.8 Å². The van der Waals surface area contributed by atoms with Gasteiger partial charge in [0.25, 0.3) is 5.91 Å². The lowest BCUT2D eigenvalue weighted by Gasteiger charge is -2.30. The molecule has 0 radical (unpaired) electrons. The van der Waals surface area contributed by atoms with Crippen LogP contribution in [0.25, 0.3) is 10.2 Å². The third-order valence-corrected chi connectivity index (χ3v) is 7.13. The number of aryl methyl sites for hydroxylation is 2. The Labute approximate surface area is 188 Å². The van der Waals surface area contributed by atoms with Crippen LogP contribution in [0.4, 0.5) is 0 Å². The van der Waals surface area contributed by atoms with Gasteiger partial charge >= 0.3 is 0 Å². The van der Waals surface area contributed by atoms with E-state index >= 15 is 0 Å². The Morgan fingerprint density at radius 1 is 1.23 bits per heavy atom. The highest BCUT2D eigenvalue weighted by atomic mass is 35.5. The van der Waals surface area contributed by atoms with Crippen LogP contribution in [0.1, 0.15) is 51.4 Å². The predicted octanol–water partition coefficient (Wildman–Crippen LogP) is 4.82. The molecule has 1 amide bonds. The molecule has 7 nitrogen and oxygen atoms in total. The second-order valence-corrected chi connectivity index (χ2v) is 9.41. The first-order chi connectivity index (χ1) is 15.0. The summed E-state index contributed by atoms with van der Waals surface area (Å²) in [5, 5.41) is 10.3. The van der Waals surface area contributed by atoms with Gasteiger partial charge in [-0.15, -0.1) is 11.3 Å². The fourth-order valence-electron chi connectivity index (χ4n) is 4.05. The number of hydrogen-bond donors (Lipinski definition) is 0. The average Bonchev–Trinajstić information content (AvgIpc) is 3.47. The van der Waals surface area contributed by atoms with E-state index in [1.165, 1.54) is 11.3 Å². The Kier molecular flexibility index (Phi) is 5.27.